The topological polar surface area (TPSA) is 64.7 Å². The fraction of sp³-hybridized carbons (Fsp3) is 0.500. The normalized spacial score (nSPS) is 15.9. The van der Waals surface area contributed by atoms with Crippen LogP contribution in [0, 0.1) is 0 Å². The number of aliphatic hydroxyl groups excluding tert-OH is 1. The molecule has 1 heterocycles. The number of aliphatic hydroxyl groups is 1. The average Bonchev–Trinajstić information content (AvgIpc) is 2.35. The third-order valence-corrected chi connectivity index (χ3v) is 2.67. The molecule has 1 aliphatic heterocycles. The first kappa shape index (κ1) is 11.2. The number of fused-ring (bicyclic) bond motifs is 1. The van der Waals surface area contributed by atoms with E-state index in [1.54, 1.807) is 0 Å². The minimum atomic E-state index is -0.0528. The number of nitrogens with two attached hydrogens (primary N) is 1. The molecule has 1 atom stereocenters. The van der Waals surface area contributed by atoms with E-state index in [4.69, 9.17) is 20.3 Å². The Labute approximate surface area is 95.0 Å². The molecule has 0 unspecified atom stereocenters. The quantitative estimate of drug-likeness (QED) is 0.805. The van der Waals surface area contributed by atoms with Crippen LogP contribution in [0.1, 0.15) is 24.4 Å². The Bertz CT molecular complexity index is 354. The number of hydrogen-bond donors (Lipinski definition) is 2. The Morgan fingerprint density at radius 1 is 1.25 bits per heavy atom. The van der Waals surface area contributed by atoms with E-state index >= 15 is 0 Å². The van der Waals surface area contributed by atoms with Crippen molar-refractivity contribution < 1.29 is 14.6 Å². The molecule has 0 fully saturated rings. The summed E-state index contributed by atoms with van der Waals surface area (Å²) in [6, 6.07) is 5.72. The van der Waals surface area contributed by atoms with Crippen LogP contribution >= 0.6 is 0 Å². The van der Waals surface area contributed by atoms with Gasteiger partial charge in [0.15, 0.2) is 11.5 Å². The van der Waals surface area contributed by atoms with Gasteiger partial charge in [-0.25, -0.2) is 0 Å². The number of rotatable bonds is 4. The molecule has 0 saturated carbocycles. The van der Waals surface area contributed by atoms with Crippen LogP contribution in [0.2, 0.25) is 0 Å². The summed E-state index contributed by atoms with van der Waals surface area (Å²) in [5.41, 5.74) is 7.03. The van der Waals surface area contributed by atoms with Crippen LogP contribution in [0.15, 0.2) is 18.2 Å². The molecule has 0 amide bonds. The summed E-state index contributed by atoms with van der Waals surface area (Å²) < 4.78 is 10.9. The molecular formula is C12H17NO3. The predicted molar refractivity (Wildman–Crippen MR) is 60.7 cm³/mol. The zero-order valence-corrected chi connectivity index (χ0v) is 9.19. The summed E-state index contributed by atoms with van der Waals surface area (Å²) in [6.45, 7) is 1.36. The van der Waals surface area contributed by atoms with Crippen molar-refractivity contribution in [2.24, 2.45) is 5.73 Å². The first-order valence-electron chi connectivity index (χ1n) is 5.57. The summed E-state index contributed by atoms with van der Waals surface area (Å²) in [7, 11) is 0. The maximum Gasteiger partial charge on any atom is 0.161 e. The van der Waals surface area contributed by atoms with E-state index < -0.39 is 0 Å². The highest BCUT2D eigenvalue weighted by Gasteiger charge is 2.14. The highest BCUT2D eigenvalue weighted by atomic mass is 16.6. The standard InChI is InChI=1S/C12H17NO3/c13-10(2-1-5-14)9-3-4-11-12(8-9)16-7-6-15-11/h3-4,8,10,14H,1-2,5-7,13H2/t10-/m0/s1. The van der Waals surface area contributed by atoms with Crippen molar-refractivity contribution in [1.29, 1.82) is 0 Å². The van der Waals surface area contributed by atoms with Crippen molar-refractivity contribution in [3.63, 3.8) is 0 Å². The van der Waals surface area contributed by atoms with E-state index in [-0.39, 0.29) is 12.6 Å². The summed E-state index contributed by atoms with van der Waals surface area (Å²) >= 11 is 0. The molecule has 3 N–H and O–H groups in total. The zero-order chi connectivity index (χ0) is 11.4. The Hall–Kier alpha value is -1.26. The van der Waals surface area contributed by atoms with Crippen LogP contribution in [0.3, 0.4) is 0 Å². The molecule has 0 aromatic heterocycles. The van der Waals surface area contributed by atoms with Crippen LogP contribution in [-0.4, -0.2) is 24.9 Å². The third-order valence-electron chi connectivity index (χ3n) is 2.67. The molecule has 4 heteroatoms. The van der Waals surface area contributed by atoms with Gasteiger partial charge in [0.2, 0.25) is 0 Å². The van der Waals surface area contributed by atoms with Crippen LogP contribution in [0.4, 0.5) is 0 Å². The van der Waals surface area contributed by atoms with Gasteiger partial charge in [-0.3, -0.25) is 0 Å². The van der Waals surface area contributed by atoms with E-state index in [0.717, 1.165) is 29.9 Å². The molecule has 0 radical (unpaired) electrons. The fourth-order valence-electron chi connectivity index (χ4n) is 1.77. The summed E-state index contributed by atoms with van der Waals surface area (Å²) in [6.07, 6.45) is 1.49. The maximum atomic E-state index is 8.75. The lowest BCUT2D eigenvalue weighted by Crippen LogP contribution is -2.16. The summed E-state index contributed by atoms with van der Waals surface area (Å²) in [5.74, 6) is 1.55. The highest BCUT2D eigenvalue weighted by Crippen LogP contribution is 2.32. The monoisotopic (exact) mass is 223 g/mol. The molecule has 16 heavy (non-hydrogen) atoms. The minimum Gasteiger partial charge on any atom is -0.486 e. The first-order valence-corrected chi connectivity index (χ1v) is 5.57. The van der Waals surface area contributed by atoms with Crippen molar-refractivity contribution in [3.05, 3.63) is 23.8 Å². The van der Waals surface area contributed by atoms with E-state index in [9.17, 15) is 0 Å². The number of ether oxygens (including phenoxy) is 2. The molecule has 88 valence electrons. The SMILES string of the molecule is N[C@@H](CCCO)c1ccc2c(c1)OCCO2. The molecule has 0 bridgehead atoms. The van der Waals surface area contributed by atoms with Crippen molar-refractivity contribution >= 4 is 0 Å². The summed E-state index contributed by atoms with van der Waals surface area (Å²) in [4.78, 5) is 0. The Morgan fingerprint density at radius 2 is 2.00 bits per heavy atom. The molecule has 4 nitrogen and oxygen atoms in total. The van der Waals surface area contributed by atoms with Crippen LogP contribution in [-0.2, 0) is 0 Å². The van der Waals surface area contributed by atoms with Crippen molar-refractivity contribution in [2.75, 3.05) is 19.8 Å². The van der Waals surface area contributed by atoms with Crippen molar-refractivity contribution in [2.45, 2.75) is 18.9 Å². The third kappa shape index (κ3) is 2.46. The minimum absolute atomic E-state index is 0.0528. The average molecular weight is 223 g/mol. The van der Waals surface area contributed by atoms with Gasteiger partial charge in [0.1, 0.15) is 13.2 Å². The van der Waals surface area contributed by atoms with Crippen LogP contribution in [0.25, 0.3) is 0 Å². The van der Waals surface area contributed by atoms with Crippen LogP contribution in [0.5, 0.6) is 11.5 Å². The predicted octanol–water partition coefficient (Wildman–Crippen LogP) is 1.23. The number of benzene rings is 1. The summed E-state index contributed by atoms with van der Waals surface area (Å²) in [5, 5.41) is 8.75. The second-order valence-corrected chi connectivity index (χ2v) is 3.88. The second-order valence-electron chi connectivity index (χ2n) is 3.88. The lowest BCUT2D eigenvalue weighted by atomic mass is 10.0. The molecule has 1 aromatic carbocycles. The largest absolute Gasteiger partial charge is 0.486 e. The van der Waals surface area contributed by atoms with E-state index in [0.29, 0.717) is 13.2 Å². The van der Waals surface area contributed by atoms with Crippen molar-refractivity contribution in [1.82, 2.24) is 0 Å². The lowest BCUT2D eigenvalue weighted by molar-refractivity contribution is 0.171. The van der Waals surface area contributed by atoms with Gasteiger partial charge in [-0.15, -0.1) is 0 Å². The Kier molecular flexibility index (Phi) is 3.64. The van der Waals surface area contributed by atoms with Gasteiger partial charge < -0.3 is 20.3 Å². The first-order chi connectivity index (χ1) is 7.81. The van der Waals surface area contributed by atoms with Gasteiger partial charge in [0.05, 0.1) is 0 Å². The molecule has 1 aromatic rings. The van der Waals surface area contributed by atoms with Crippen LogP contribution < -0.4 is 15.2 Å². The van der Waals surface area contributed by atoms with Crippen molar-refractivity contribution in [3.8, 4) is 11.5 Å². The zero-order valence-electron chi connectivity index (χ0n) is 9.19. The second kappa shape index (κ2) is 5.18. The molecule has 2 rings (SSSR count). The molecule has 0 saturated heterocycles. The molecule has 0 aliphatic carbocycles. The smallest absolute Gasteiger partial charge is 0.161 e. The Morgan fingerprint density at radius 3 is 2.75 bits per heavy atom. The lowest BCUT2D eigenvalue weighted by Gasteiger charge is -2.20. The highest BCUT2D eigenvalue weighted by molar-refractivity contribution is 5.44. The van der Waals surface area contributed by atoms with Gasteiger partial charge in [-0.05, 0) is 30.5 Å². The van der Waals surface area contributed by atoms with Gasteiger partial charge in [-0.1, -0.05) is 6.07 Å². The van der Waals surface area contributed by atoms with Gasteiger partial charge in [0, 0.05) is 12.6 Å². The van der Waals surface area contributed by atoms with Gasteiger partial charge in [-0.2, -0.15) is 0 Å². The molecular weight excluding hydrogens is 206 g/mol. The van der Waals surface area contributed by atoms with Gasteiger partial charge in [0.25, 0.3) is 0 Å². The van der Waals surface area contributed by atoms with E-state index in [2.05, 4.69) is 0 Å². The molecule has 0 spiro atoms. The molecule has 1 aliphatic rings. The van der Waals surface area contributed by atoms with Gasteiger partial charge >= 0.3 is 0 Å². The fourth-order valence-corrected chi connectivity index (χ4v) is 1.77. The number of hydrogen-bond acceptors (Lipinski definition) is 4. The Balaban J connectivity index is 2.10. The van der Waals surface area contributed by atoms with E-state index in [1.807, 2.05) is 18.2 Å². The van der Waals surface area contributed by atoms with E-state index in [1.165, 1.54) is 0 Å². The maximum absolute atomic E-state index is 8.75.